The SMILES string of the molecule is CO/N=C(\C#Cc1ccccc1)C1CCCC1. The monoisotopic (exact) mass is 227 g/mol. The Kier molecular flexibility index (Phi) is 4.21. The molecular formula is C15H17NO. The molecule has 0 saturated heterocycles. The van der Waals surface area contributed by atoms with Crippen LogP contribution in [0.4, 0.5) is 0 Å². The molecule has 0 bridgehead atoms. The van der Waals surface area contributed by atoms with Gasteiger partial charge in [0.1, 0.15) is 12.8 Å². The Morgan fingerprint density at radius 3 is 2.59 bits per heavy atom. The Balaban J connectivity index is 2.13. The quantitative estimate of drug-likeness (QED) is 0.432. The third-order valence-corrected chi connectivity index (χ3v) is 3.04. The second kappa shape index (κ2) is 6.10. The number of benzene rings is 1. The Hall–Kier alpha value is -1.75. The second-order valence-electron chi connectivity index (χ2n) is 4.26. The van der Waals surface area contributed by atoms with Crippen molar-refractivity contribution in [2.45, 2.75) is 25.7 Å². The van der Waals surface area contributed by atoms with E-state index in [4.69, 9.17) is 4.84 Å². The van der Waals surface area contributed by atoms with Crippen molar-refractivity contribution in [2.24, 2.45) is 11.1 Å². The number of rotatable bonds is 2. The molecule has 1 aliphatic rings. The van der Waals surface area contributed by atoms with Gasteiger partial charge >= 0.3 is 0 Å². The molecule has 2 heteroatoms. The second-order valence-corrected chi connectivity index (χ2v) is 4.26. The van der Waals surface area contributed by atoms with Crippen molar-refractivity contribution >= 4 is 5.71 Å². The molecule has 1 aromatic rings. The molecule has 1 aromatic carbocycles. The summed E-state index contributed by atoms with van der Waals surface area (Å²) in [7, 11) is 1.58. The Morgan fingerprint density at radius 1 is 1.24 bits per heavy atom. The van der Waals surface area contributed by atoms with Gasteiger partial charge in [-0.2, -0.15) is 0 Å². The van der Waals surface area contributed by atoms with Gasteiger partial charge in [0.2, 0.25) is 0 Å². The summed E-state index contributed by atoms with van der Waals surface area (Å²) in [6.45, 7) is 0. The van der Waals surface area contributed by atoms with E-state index in [9.17, 15) is 0 Å². The minimum Gasteiger partial charge on any atom is -0.398 e. The zero-order valence-electron chi connectivity index (χ0n) is 10.1. The summed E-state index contributed by atoms with van der Waals surface area (Å²) in [4.78, 5) is 4.89. The van der Waals surface area contributed by atoms with Crippen LogP contribution in [0.5, 0.6) is 0 Å². The molecule has 1 saturated carbocycles. The lowest BCUT2D eigenvalue weighted by Gasteiger charge is -2.05. The Bertz CT molecular complexity index is 433. The highest BCUT2D eigenvalue weighted by molar-refractivity contribution is 6.02. The molecule has 2 nitrogen and oxygen atoms in total. The Morgan fingerprint density at radius 2 is 1.94 bits per heavy atom. The topological polar surface area (TPSA) is 21.6 Å². The van der Waals surface area contributed by atoms with E-state index < -0.39 is 0 Å². The van der Waals surface area contributed by atoms with Crippen molar-refractivity contribution in [3.63, 3.8) is 0 Å². The first kappa shape index (κ1) is 11.7. The number of hydrogen-bond acceptors (Lipinski definition) is 2. The van der Waals surface area contributed by atoms with Crippen LogP contribution in [0.25, 0.3) is 0 Å². The molecule has 0 amide bonds. The van der Waals surface area contributed by atoms with E-state index in [1.807, 2.05) is 30.3 Å². The fraction of sp³-hybridized carbons (Fsp3) is 0.400. The summed E-state index contributed by atoms with van der Waals surface area (Å²) in [5, 5.41) is 4.06. The summed E-state index contributed by atoms with van der Waals surface area (Å²) < 4.78 is 0. The van der Waals surface area contributed by atoms with Crippen molar-refractivity contribution in [1.82, 2.24) is 0 Å². The van der Waals surface area contributed by atoms with E-state index in [1.54, 1.807) is 7.11 Å². The minimum absolute atomic E-state index is 0.492. The van der Waals surface area contributed by atoms with E-state index in [0.29, 0.717) is 5.92 Å². The van der Waals surface area contributed by atoms with Crippen molar-refractivity contribution in [2.75, 3.05) is 7.11 Å². The van der Waals surface area contributed by atoms with E-state index in [-0.39, 0.29) is 0 Å². The Labute approximate surface area is 103 Å². The predicted octanol–water partition coefficient (Wildman–Crippen LogP) is 3.23. The van der Waals surface area contributed by atoms with Gasteiger partial charge in [0.15, 0.2) is 0 Å². The molecule has 0 radical (unpaired) electrons. The van der Waals surface area contributed by atoms with Gasteiger partial charge < -0.3 is 4.84 Å². The predicted molar refractivity (Wildman–Crippen MR) is 69.7 cm³/mol. The standard InChI is InChI=1S/C15H17NO/c1-17-16-15(14-9-5-6-10-14)12-11-13-7-3-2-4-8-13/h2-4,7-8,14H,5-6,9-10H2,1H3/b16-15+. The maximum absolute atomic E-state index is 4.89. The highest BCUT2D eigenvalue weighted by Crippen LogP contribution is 2.26. The van der Waals surface area contributed by atoms with Crippen molar-refractivity contribution in [3.8, 4) is 11.8 Å². The number of nitrogens with zero attached hydrogens (tertiary/aromatic N) is 1. The highest BCUT2D eigenvalue weighted by atomic mass is 16.6. The molecule has 88 valence electrons. The van der Waals surface area contributed by atoms with Crippen LogP contribution >= 0.6 is 0 Å². The van der Waals surface area contributed by atoms with Crippen LogP contribution in [0.2, 0.25) is 0 Å². The van der Waals surface area contributed by atoms with Crippen LogP contribution in [0.15, 0.2) is 35.5 Å². The molecule has 0 heterocycles. The summed E-state index contributed by atoms with van der Waals surface area (Å²) in [6, 6.07) is 9.99. The third kappa shape index (κ3) is 3.35. The van der Waals surface area contributed by atoms with Crippen LogP contribution in [-0.2, 0) is 4.84 Å². The number of oxime groups is 1. The average molecular weight is 227 g/mol. The van der Waals surface area contributed by atoms with Gasteiger partial charge in [0, 0.05) is 11.5 Å². The smallest absolute Gasteiger partial charge is 0.133 e. The first-order valence-electron chi connectivity index (χ1n) is 6.08. The van der Waals surface area contributed by atoms with Gasteiger partial charge in [-0.1, -0.05) is 42.1 Å². The molecule has 0 spiro atoms. The van der Waals surface area contributed by atoms with E-state index in [1.165, 1.54) is 25.7 Å². The van der Waals surface area contributed by atoms with Gasteiger partial charge in [-0.05, 0) is 30.9 Å². The molecule has 0 atom stereocenters. The summed E-state index contributed by atoms with van der Waals surface area (Å²) in [5.41, 5.74) is 1.92. The summed E-state index contributed by atoms with van der Waals surface area (Å²) in [6.07, 6.45) is 4.93. The lowest BCUT2D eigenvalue weighted by atomic mass is 10.0. The van der Waals surface area contributed by atoms with Crippen molar-refractivity contribution in [3.05, 3.63) is 35.9 Å². The molecular weight excluding hydrogens is 210 g/mol. The zero-order valence-corrected chi connectivity index (χ0v) is 10.1. The normalized spacial score (nSPS) is 16.4. The fourth-order valence-electron chi connectivity index (χ4n) is 2.15. The highest BCUT2D eigenvalue weighted by Gasteiger charge is 2.20. The van der Waals surface area contributed by atoms with Crippen LogP contribution in [0.1, 0.15) is 31.2 Å². The molecule has 0 unspecified atom stereocenters. The summed E-state index contributed by atoms with van der Waals surface area (Å²) in [5.74, 6) is 6.79. The van der Waals surface area contributed by atoms with Crippen LogP contribution in [-0.4, -0.2) is 12.8 Å². The van der Waals surface area contributed by atoms with Gasteiger partial charge in [-0.25, -0.2) is 0 Å². The summed E-state index contributed by atoms with van der Waals surface area (Å²) >= 11 is 0. The first-order chi connectivity index (χ1) is 8.40. The molecule has 1 fully saturated rings. The van der Waals surface area contributed by atoms with E-state index >= 15 is 0 Å². The van der Waals surface area contributed by atoms with E-state index in [0.717, 1.165) is 11.3 Å². The van der Waals surface area contributed by atoms with Crippen LogP contribution in [0, 0.1) is 17.8 Å². The molecule has 2 rings (SSSR count). The first-order valence-corrected chi connectivity index (χ1v) is 6.08. The minimum atomic E-state index is 0.492. The lowest BCUT2D eigenvalue weighted by molar-refractivity contribution is 0.212. The van der Waals surface area contributed by atoms with Gasteiger partial charge in [0.05, 0.1) is 0 Å². The zero-order chi connectivity index (χ0) is 11.9. The van der Waals surface area contributed by atoms with Crippen molar-refractivity contribution in [1.29, 1.82) is 0 Å². The largest absolute Gasteiger partial charge is 0.398 e. The molecule has 17 heavy (non-hydrogen) atoms. The maximum Gasteiger partial charge on any atom is 0.133 e. The van der Waals surface area contributed by atoms with Crippen molar-refractivity contribution < 1.29 is 4.84 Å². The lowest BCUT2D eigenvalue weighted by Crippen LogP contribution is -2.09. The molecule has 0 aliphatic heterocycles. The van der Waals surface area contributed by atoms with Crippen LogP contribution in [0.3, 0.4) is 0 Å². The van der Waals surface area contributed by atoms with E-state index in [2.05, 4.69) is 17.0 Å². The molecule has 0 N–H and O–H groups in total. The average Bonchev–Trinajstić information content (AvgIpc) is 2.89. The number of hydrogen-bond donors (Lipinski definition) is 0. The fourth-order valence-corrected chi connectivity index (χ4v) is 2.15. The van der Waals surface area contributed by atoms with Gasteiger partial charge in [0.25, 0.3) is 0 Å². The van der Waals surface area contributed by atoms with Gasteiger partial charge in [-0.3, -0.25) is 0 Å². The molecule has 1 aliphatic carbocycles. The van der Waals surface area contributed by atoms with Gasteiger partial charge in [-0.15, -0.1) is 0 Å². The third-order valence-electron chi connectivity index (χ3n) is 3.04. The molecule has 0 aromatic heterocycles. The maximum atomic E-state index is 4.89. The van der Waals surface area contributed by atoms with Crippen LogP contribution < -0.4 is 0 Å².